The van der Waals surface area contributed by atoms with Crippen LogP contribution in [0.2, 0.25) is 0 Å². The van der Waals surface area contributed by atoms with E-state index in [1.165, 1.54) is 11.3 Å². The predicted molar refractivity (Wildman–Crippen MR) is 97.2 cm³/mol. The van der Waals surface area contributed by atoms with E-state index >= 15 is 0 Å². The van der Waals surface area contributed by atoms with Gasteiger partial charge in [0.25, 0.3) is 0 Å². The van der Waals surface area contributed by atoms with Gasteiger partial charge in [0.2, 0.25) is 0 Å². The Bertz CT molecular complexity index is 784. The van der Waals surface area contributed by atoms with Crippen molar-refractivity contribution in [1.29, 1.82) is 0 Å². The summed E-state index contributed by atoms with van der Waals surface area (Å²) in [4.78, 5) is 4.88. The Morgan fingerprint density at radius 2 is 1.58 bits per heavy atom. The summed E-state index contributed by atoms with van der Waals surface area (Å²) in [5.41, 5.74) is 12.7. The predicted octanol–water partition coefficient (Wildman–Crippen LogP) is 0.280. The molecule has 0 amide bonds. The minimum atomic E-state index is 0. The number of anilines is 2. The molecule has 0 spiro atoms. The Morgan fingerprint density at radius 3 is 2.17 bits per heavy atom. The minimum Gasteiger partial charge on any atom is -0.870 e. The largest absolute Gasteiger partial charge is 1.00 e. The summed E-state index contributed by atoms with van der Waals surface area (Å²) in [5.74, 6) is 1.62. The third-order valence-electron chi connectivity index (χ3n) is 2.85. The van der Waals surface area contributed by atoms with Crippen LogP contribution in [-0.2, 0) is 0 Å². The Hall–Kier alpha value is -0.524. The molecular weight excluding hydrogens is 373 g/mol. The van der Waals surface area contributed by atoms with Gasteiger partial charge in [0.15, 0.2) is 5.13 Å². The van der Waals surface area contributed by atoms with Crippen LogP contribution in [0, 0.1) is 0 Å². The van der Waals surface area contributed by atoms with Gasteiger partial charge < -0.3 is 26.4 Å². The van der Waals surface area contributed by atoms with Gasteiger partial charge in [-0.3, -0.25) is 0 Å². The molecule has 0 radical (unpaired) electrons. The second kappa shape index (κ2) is 11.2. The Morgan fingerprint density at radius 1 is 1.00 bits per heavy atom. The summed E-state index contributed by atoms with van der Waals surface area (Å²) < 4.78 is 11.1. The Labute approximate surface area is 192 Å². The van der Waals surface area contributed by atoms with Crippen molar-refractivity contribution in [3.05, 3.63) is 36.4 Å². The van der Waals surface area contributed by atoms with Crippen LogP contribution in [0.5, 0.6) is 11.5 Å². The van der Waals surface area contributed by atoms with Gasteiger partial charge >= 0.3 is 51.4 Å². The fraction of sp³-hybridized carbons (Fsp3) is 0.133. The Kier molecular flexibility index (Phi) is 10.9. The third kappa shape index (κ3) is 6.41. The van der Waals surface area contributed by atoms with E-state index in [9.17, 15) is 0 Å². The number of fused-ring (bicyclic) bond motifs is 1. The van der Waals surface area contributed by atoms with Crippen molar-refractivity contribution in [1.82, 2.24) is 4.98 Å². The average molecular weight is 392 g/mol. The first-order valence-corrected chi connectivity index (χ1v) is 7.62. The quantitative estimate of drug-likeness (QED) is 0.328. The summed E-state index contributed by atoms with van der Waals surface area (Å²) in [6.07, 6.45) is 0. The number of thiol groups is 1. The van der Waals surface area contributed by atoms with E-state index in [1.54, 1.807) is 32.4 Å². The van der Waals surface area contributed by atoms with Crippen LogP contribution in [0.4, 0.5) is 10.8 Å². The molecular formula is C15H18KN3O3S2. The summed E-state index contributed by atoms with van der Waals surface area (Å²) in [6, 6.07) is 11.1. The summed E-state index contributed by atoms with van der Waals surface area (Å²) in [7, 11) is 3.25. The maximum atomic E-state index is 5.55. The number of benzene rings is 2. The smallest absolute Gasteiger partial charge is 0.870 e. The molecule has 24 heavy (non-hydrogen) atoms. The van der Waals surface area contributed by atoms with E-state index in [0.717, 1.165) is 26.6 Å². The van der Waals surface area contributed by atoms with Crippen LogP contribution in [-0.4, -0.2) is 24.7 Å². The summed E-state index contributed by atoms with van der Waals surface area (Å²) >= 11 is 5.58. The van der Waals surface area contributed by atoms with E-state index in [-0.39, 0.29) is 56.9 Å². The van der Waals surface area contributed by atoms with E-state index in [4.69, 9.17) is 20.9 Å². The maximum Gasteiger partial charge on any atom is 1.00 e. The number of methoxy groups -OCH3 is 2. The maximum absolute atomic E-state index is 5.55. The molecule has 0 saturated carbocycles. The molecule has 9 heteroatoms. The SMILES string of the molecule is COc1ccc(N)c(S)c1.COc1ccc2nc(N)sc2c1.[K+].[OH-]. The van der Waals surface area contributed by atoms with E-state index < -0.39 is 0 Å². The molecule has 1 heterocycles. The first-order valence-electron chi connectivity index (χ1n) is 6.36. The molecule has 0 fully saturated rings. The summed E-state index contributed by atoms with van der Waals surface area (Å²) in [5, 5.41) is 0.596. The van der Waals surface area contributed by atoms with Crippen LogP contribution in [0.15, 0.2) is 41.3 Å². The van der Waals surface area contributed by atoms with Crippen molar-refractivity contribution >= 4 is 45.0 Å². The normalized spacial score (nSPS) is 9.12. The average Bonchev–Trinajstić information content (AvgIpc) is 2.89. The number of hydrogen-bond donors (Lipinski definition) is 3. The minimum absolute atomic E-state index is 0. The van der Waals surface area contributed by atoms with Gasteiger partial charge in [0.1, 0.15) is 11.5 Å². The van der Waals surface area contributed by atoms with Gasteiger partial charge in [0, 0.05) is 10.6 Å². The first kappa shape index (κ1) is 23.5. The van der Waals surface area contributed by atoms with Crippen molar-refractivity contribution in [3.63, 3.8) is 0 Å². The van der Waals surface area contributed by atoms with Crippen LogP contribution in [0.1, 0.15) is 0 Å². The molecule has 0 saturated heterocycles. The molecule has 0 aliphatic rings. The molecule has 0 aliphatic carbocycles. The number of nitrogens with zero attached hydrogens (tertiary/aromatic N) is 1. The van der Waals surface area contributed by atoms with E-state index in [1.807, 2.05) is 18.2 Å². The molecule has 2 aromatic carbocycles. The van der Waals surface area contributed by atoms with Gasteiger partial charge in [0.05, 0.1) is 24.4 Å². The van der Waals surface area contributed by atoms with Crippen LogP contribution >= 0.6 is 24.0 Å². The van der Waals surface area contributed by atoms with Crippen molar-refractivity contribution in [2.24, 2.45) is 0 Å². The molecule has 0 unspecified atom stereocenters. The zero-order chi connectivity index (χ0) is 16.1. The first-order chi connectivity index (χ1) is 10.5. The van der Waals surface area contributed by atoms with Crippen molar-refractivity contribution in [2.75, 3.05) is 25.7 Å². The molecule has 3 aromatic rings. The number of hydrogen-bond acceptors (Lipinski definition) is 8. The van der Waals surface area contributed by atoms with Crippen LogP contribution in [0.25, 0.3) is 10.2 Å². The fourth-order valence-electron chi connectivity index (χ4n) is 1.70. The molecule has 0 aliphatic heterocycles. The number of thiazole rings is 1. The van der Waals surface area contributed by atoms with Crippen molar-refractivity contribution in [3.8, 4) is 11.5 Å². The molecule has 0 bridgehead atoms. The summed E-state index contributed by atoms with van der Waals surface area (Å²) in [6.45, 7) is 0. The second-order valence-electron chi connectivity index (χ2n) is 4.31. The molecule has 124 valence electrons. The number of aromatic nitrogens is 1. The molecule has 3 rings (SSSR count). The van der Waals surface area contributed by atoms with Gasteiger partial charge in [-0.05, 0) is 36.4 Å². The van der Waals surface area contributed by atoms with Gasteiger partial charge in [-0.15, -0.1) is 12.6 Å². The van der Waals surface area contributed by atoms with Crippen molar-refractivity contribution in [2.45, 2.75) is 4.90 Å². The second-order valence-corrected chi connectivity index (χ2v) is 5.85. The van der Waals surface area contributed by atoms with E-state index in [2.05, 4.69) is 17.6 Å². The zero-order valence-electron chi connectivity index (χ0n) is 13.7. The molecule has 1 aromatic heterocycles. The number of ether oxygens (including phenoxy) is 2. The van der Waals surface area contributed by atoms with Gasteiger partial charge in [-0.1, -0.05) is 11.3 Å². The van der Waals surface area contributed by atoms with Crippen molar-refractivity contribution < 1.29 is 66.3 Å². The zero-order valence-corrected chi connectivity index (χ0v) is 18.5. The Balaban J connectivity index is 0.000000413. The van der Waals surface area contributed by atoms with E-state index in [0.29, 0.717) is 10.8 Å². The monoisotopic (exact) mass is 391 g/mol. The van der Waals surface area contributed by atoms with Gasteiger partial charge in [-0.25, -0.2) is 4.98 Å². The number of nitrogen functional groups attached to an aromatic ring is 2. The van der Waals surface area contributed by atoms with Crippen LogP contribution in [0.3, 0.4) is 0 Å². The number of nitrogens with two attached hydrogens (primary N) is 2. The number of rotatable bonds is 2. The molecule has 5 N–H and O–H groups in total. The molecule has 6 nitrogen and oxygen atoms in total. The van der Waals surface area contributed by atoms with Crippen LogP contribution < -0.4 is 72.3 Å². The topological polar surface area (TPSA) is 113 Å². The third-order valence-corrected chi connectivity index (χ3v) is 4.08. The molecule has 0 atom stereocenters. The van der Waals surface area contributed by atoms with Gasteiger partial charge in [-0.2, -0.15) is 0 Å². The standard InChI is InChI=1S/C8H8N2OS.C7H9NOS.K.H2O/c1-11-5-2-3-6-7(4-5)12-8(9)10-6;1-9-5-2-3-6(8)7(10)4-5;;/h2-4H,1H3,(H2,9,10);2-4,10H,8H2,1H3;;1H2/q;;+1;/p-1. The fourth-order valence-corrected chi connectivity index (χ4v) is 2.66.